The van der Waals surface area contributed by atoms with Gasteiger partial charge in [-0.25, -0.2) is 8.78 Å². The van der Waals surface area contributed by atoms with Crippen LogP contribution in [-0.4, -0.2) is 42.4 Å². The van der Waals surface area contributed by atoms with Crippen molar-refractivity contribution in [2.24, 2.45) is 0 Å². The van der Waals surface area contributed by atoms with E-state index in [0.717, 1.165) is 0 Å². The predicted molar refractivity (Wildman–Crippen MR) is 32.0 cm³/mol. The number of alkyl halides is 2. The molecule has 0 aliphatic carbocycles. The molecule has 0 atom stereocenters. The molecule has 0 aliphatic rings. The van der Waals surface area contributed by atoms with Crippen LogP contribution in [0.1, 0.15) is 0 Å². The number of hydrogen-bond acceptors (Lipinski definition) is 3. The average Bonchev–Trinajstić information content (AvgIpc) is 1.89. The zero-order valence-electron chi connectivity index (χ0n) is 5.48. The second-order valence-electron chi connectivity index (χ2n) is 1.91. The van der Waals surface area contributed by atoms with Gasteiger partial charge in [0, 0.05) is 6.54 Å². The van der Waals surface area contributed by atoms with E-state index in [9.17, 15) is 8.78 Å². The lowest BCUT2D eigenvalue weighted by atomic mass is 10.3. The first-order valence-electron chi connectivity index (χ1n) is 2.92. The molecular weight excluding hydrogens is 144 g/mol. The summed E-state index contributed by atoms with van der Waals surface area (Å²) in [5.74, 6) is -3.07. The molecule has 0 aromatic heterocycles. The van der Waals surface area contributed by atoms with E-state index in [4.69, 9.17) is 10.2 Å². The molecule has 5 heteroatoms. The van der Waals surface area contributed by atoms with E-state index in [-0.39, 0.29) is 13.2 Å². The molecule has 0 aromatic carbocycles. The maximum atomic E-state index is 12.1. The lowest BCUT2D eigenvalue weighted by Crippen LogP contribution is -2.36. The minimum atomic E-state index is -3.07. The zero-order valence-corrected chi connectivity index (χ0v) is 5.48. The molecule has 0 unspecified atom stereocenters. The van der Waals surface area contributed by atoms with Crippen LogP contribution in [-0.2, 0) is 0 Å². The Morgan fingerprint density at radius 3 is 2.30 bits per heavy atom. The fourth-order valence-electron chi connectivity index (χ4n) is 0.406. The molecule has 3 N–H and O–H groups in total. The Morgan fingerprint density at radius 1 is 1.30 bits per heavy atom. The van der Waals surface area contributed by atoms with E-state index in [1.807, 2.05) is 0 Å². The van der Waals surface area contributed by atoms with E-state index >= 15 is 0 Å². The van der Waals surface area contributed by atoms with Gasteiger partial charge in [-0.05, 0) is 0 Å². The summed E-state index contributed by atoms with van der Waals surface area (Å²) < 4.78 is 24.2. The number of aliphatic hydroxyl groups excluding tert-OH is 2. The van der Waals surface area contributed by atoms with Gasteiger partial charge in [0.15, 0.2) is 0 Å². The van der Waals surface area contributed by atoms with Crippen LogP contribution in [0.2, 0.25) is 0 Å². The molecule has 62 valence electrons. The molecule has 0 amide bonds. The number of halogens is 2. The van der Waals surface area contributed by atoms with Crippen LogP contribution in [0.5, 0.6) is 0 Å². The molecule has 0 spiro atoms. The van der Waals surface area contributed by atoms with Gasteiger partial charge in [-0.3, -0.25) is 0 Å². The average molecular weight is 155 g/mol. The number of nitrogens with one attached hydrogen (secondary N) is 1. The van der Waals surface area contributed by atoms with Crippen molar-refractivity contribution in [3.8, 4) is 0 Å². The monoisotopic (exact) mass is 155 g/mol. The van der Waals surface area contributed by atoms with Gasteiger partial charge >= 0.3 is 0 Å². The molecule has 3 nitrogen and oxygen atoms in total. The van der Waals surface area contributed by atoms with Gasteiger partial charge in [0.1, 0.15) is 6.61 Å². The third-order valence-corrected chi connectivity index (χ3v) is 0.904. The summed E-state index contributed by atoms with van der Waals surface area (Å²) >= 11 is 0. The zero-order chi connectivity index (χ0) is 8.04. The van der Waals surface area contributed by atoms with Crippen LogP contribution in [0, 0.1) is 0 Å². The van der Waals surface area contributed by atoms with Gasteiger partial charge in [0.25, 0.3) is 5.92 Å². The second kappa shape index (κ2) is 4.54. The Hall–Kier alpha value is -0.260. The minimum absolute atomic E-state index is 0.121. The fraction of sp³-hybridized carbons (Fsp3) is 1.00. The van der Waals surface area contributed by atoms with Crippen LogP contribution in [0.25, 0.3) is 0 Å². The third kappa shape index (κ3) is 4.60. The second-order valence-corrected chi connectivity index (χ2v) is 1.91. The molecule has 0 rings (SSSR count). The van der Waals surface area contributed by atoms with Crippen LogP contribution in [0.4, 0.5) is 8.78 Å². The van der Waals surface area contributed by atoms with E-state index in [1.54, 1.807) is 0 Å². The van der Waals surface area contributed by atoms with Gasteiger partial charge in [-0.15, -0.1) is 0 Å². The van der Waals surface area contributed by atoms with Crippen molar-refractivity contribution in [3.05, 3.63) is 0 Å². The lowest BCUT2D eigenvalue weighted by molar-refractivity contribution is -0.0478. The van der Waals surface area contributed by atoms with Gasteiger partial charge < -0.3 is 15.5 Å². The highest BCUT2D eigenvalue weighted by Gasteiger charge is 2.26. The van der Waals surface area contributed by atoms with Gasteiger partial charge in [-0.2, -0.15) is 0 Å². The third-order valence-electron chi connectivity index (χ3n) is 0.904. The molecule has 0 bridgehead atoms. The summed E-state index contributed by atoms with van der Waals surface area (Å²) in [6.07, 6.45) is 0. The first kappa shape index (κ1) is 9.74. The summed E-state index contributed by atoms with van der Waals surface area (Å²) in [5, 5.41) is 18.5. The molecular formula is C5H11F2NO2. The topological polar surface area (TPSA) is 52.5 Å². The standard InChI is InChI=1S/C5H11F2NO2/c6-5(7,4-10)3-8-1-2-9/h8-10H,1-4H2. The summed E-state index contributed by atoms with van der Waals surface area (Å²) in [5.41, 5.74) is 0. The summed E-state index contributed by atoms with van der Waals surface area (Å²) in [6, 6.07) is 0. The normalized spacial score (nSPS) is 12.0. The van der Waals surface area contributed by atoms with Crippen molar-refractivity contribution in [2.75, 3.05) is 26.3 Å². The fourth-order valence-corrected chi connectivity index (χ4v) is 0.406. The number of rotatable bonds is 5. The summed E-state index contributed by atoms with van der Waals surface area (Å²) in [4.78, 5) is 0. The highest BCUT2D eigenvalue weighted by molar-refractivity contribution is 4.66. The maximum Gasteiger partial charge on any atom is 0.282 e. The van der Waals surface area contributed by atoms with Gasteiger partial charge in [-0.1, -0.05) is 0 Å². The molecule has 0 aliphatic heterocycles. The minimum Gasteiger partial charge on any atom is -0.395 e. The van der Waals surface area contributed by atoms with E-state index < -0.39 is 19.1 Å². The Morgan fingerprint density at radius 2 is 1.90 bits per heavy atom. The number of hydrogen-bond donors (Lipinski definition) is 3. The number of aliphatic hydroxyl groups is 2. The first-order valence-corrected chi connectivity index (χ1v) is 2.92. The molecule has 0 radical (unpaired) electrons. The molecule has 0 saturated heterocycles. The van der Waals surface area contributed by atoms with Crippen molar-refractivity contribution >= 4 is 0 Å². The van der Waals surface area contributed by atoms with E-state index in [1.165, 1.54) is 0 Å². The molecule has 0 saturated carbocycles. The Labute approximate surface area is 57.7 Å². The van der Waals surface area contributed by atoms with Crippen LogP contribution in [0.15, 0.2) is 0 Å². The predicted octanol–water partition coefficient (Wildman–Crippen LogP) is -0.804. The quantitative estimate of drug-likeness (QED) is 0.455. The van der Waals surface area contributed by atoms with Crippen molar-refractivity contribution < 1.29 is 19.0 Å². The summed E-state index contributed by atoms with van der Waals surface area (Å²) in [7, 11) is 0. The Kier molecular flexibility index (Phi) is 4.42. The van der Waals surface area contributed by atoms with Crippen molar-refractivity contribution in [2.45, 2.75) is 5.92 Å². The Balaban J connectivity index is 3.28. The largest absolute Gasteiger partial charge is 0.395 e. The molecule has 10 heavy (non-hydrogen) atoms. The highest BCUT2D eigenvalue weighted by Crippen LogP contribution is 2.08. The van der Waals surface area contributed by atoms with Crippen LogP contribution >= 0.6 is 0 Å². The van der Waals surface area contributed by atoms with Gasteiger partial charge in [0.05, 0.1) is 13.2 Å². The van der Waals surface area contributed by atoms with Crippen LogP contribution < -0.4 is 5.32 Å². The van der Waals surface area contributed by atoms with Gasteiger partial charge in [0.2, 0.25) is 0 Å². The summed E-state index contributed by atoms with van der Waals surface area (Å²) in [6.45, 7) is -1.81. The van der Waals surface area contributed by atoms with E-state index in [2.05, 4.69) is 5.32 Å². The molecule has 0 fully saturated rings. The molecule has 0 aromatic rings. The van der Waals surface area contributed by atoms with Crippen molar-refractivity contribution in [1.29, 1.82) is 0 Å². The lowest BCUT2D eigenvalue weighted by Gasteiger charge is -2.12. The van der Waals surface area contributed by atoms with Crippen molar-refractivity contribution in [1.82, 2.24) is 5.32 Å². The maximum absolute atomic E-state index is 12.1. The molecule has 0 heterocycles. The smallest absolute Gasteiger partial charge is 0.282 e. The first-order chi connectivity index (χ1) is 4.62. The van der Waals surface area contributed by atoms with Crippen molar-refractivity contribution in [3.63, 3.8) is 0 Å². The van der Waals surface area contributed by atoms with Crippen LogP contribution in [0.3, 0.4) is 0 Å². The Bertz CT molecular complexity index is 89.7. The SMILES string of the molecule is OCCNCC(F)(F)CO. The van der Waals surface area contributed by atoms with E-state index in [0.29, 0.717) is 0 Å². The highest BCUT2D eigenvalue weighted by atomic mass is 19.3.